The highest BCUT2D eigenvalue weighted by Gasteiger charge is 2.15. The van der Waals surface area contributed by atoms with Crippen molar-refractivity contribution >= 4 is 23.3 Å². The molecule has 6 nitrogen and oxygen atoms in total. The molecular weight excluding hydrogens is 340 g/mol. The van der Waals surface area contributed by atoms with Crippen LogP contribution in [-0.2, 0) is 0 Å². The topological polar surface area (TPSA) is 108 Å². The summed E-state index contributed by atoms with van der Waals surface area (Å²) < 4.78 is 0. The minimum Gasteiger partial charge on any atom is -0.351 e. The van der Waals surface area contributed by atoms with E-state index in [0.717, 1.165) is 0 Å². The van der Waals surface area contributed by atoms with Crippen molar-refractivity contribution in [1.82, 2.24) is 0 Å². The van der Waals surface area contributed by atoms with Crippen LogP contribution in [0.2, 0.25) is 0 Å². The molecule has 0 aromatic heterocycles. The standard InChI is InChI=1S/C21H16N4O2/c22-13-14-5-1-2-6-17(14)18-7-3-4-8-19(18)20(26)24-15-9-11-16(12-10-15)25-21(23)27/h1-12H,(H,24,26)(H3,23,25,27). The van der Waals surface area contributed by atoms with E-state index in [1.54, 1.807) is 48.5 Å². The summed E-state index contributed by atoms with van der Waals surface area (Å²) in [6, 6.07) is 22.4. The van der Waals surface area contributed by atoms with Gasteiger partial charge in [0.25, 0.3) is 5.91 Å². The van der Waals surface area contributed by atoms with E-state index in [1.165, 1.54) is 0 Å². The van der Waals surface area contributed by atoms with Gasteiger partial charge >= 0.3 is 6.03 Å². The van der Waals surface area contributed by atoms with Gasteiger partial charge in [0.15, 0.2) is 0 Å². The van der Waals surface area contributed by atoms with Crippen LogP contribution in [0.15, 0.2) is 72.8 Å². The zero-order valence-electron chi connectivity index (χ0n) is 14.3. The van der Waals surface area contributed by atoms with Crippen molar-refractivity contribution in [2.45, 2.75) is 0 Å². The maximum absolute atomic E-state index is 12.8. The van der Waals surface area contributed by atoms with Crippen molar-refractivity contribution in [3.05, 3.63) is 83.9 Å². The Morgan fingerprint density at radius 3 is 1.96 bits per heavy atom. The third kappa shape index (κ3) is 4.11. The van der Waals surface area contributed by atoms with E-state index in [2.05, 4.69) is 16.7 Å². The Balaban J connectivity index is 1.88. The molecule has 0 spiro atoms. The monoisotopic (exact) mass is 356 g/mol. The van der Waals surface area contributed by atoms with Gasteiger partial charge in [0.2, 0.25) is 0 Å². The van der Waals surface area contributed by atoms with Gasteiger partial charge in [-0.05, 0) is 42.0 Å². The van der Waals surface area contributed by atoms with Crippen LogP contribution < -0.4 is 16.4 Å². The van der Waals surface area contributed by atoms with Gasteiger partial charge in [-0.1, -0.05) is 36.4 Å². The van der Waals surface area contributed by atoms with Crippen LogP contribution in [0.5, 0.6) is 0 Å². The van der Waals surface area contributed by atoms with E-state index in [-0.39, 0.29) is 5.91 Å². The SMILES string of the molecule is N#Cc1ccccc1-c1ccccc1C(=O)Nc1ccc(NC(N)=O)cc1. The Morgan fingerprint density at radius 2 is 1.33 bits per heavy atom. The molecule has 0 saturated carbocycles. The number of primary amides is 1. The fraction of sp³-hybridized carbons (Fsp3) is 0. The molecule has 0 aliphatic rings. The number of carbonyl (C=O) groups excluding carboxylic acids is 2. The highest BCUT2D eigenvalue weighted by atomic mass is 16.2. The normalized spacial score (nSPS) is 9.89. The molecule has 0 bridgehead atoms. The number of amides is 3. The lowest BCUT2D eigenvalue weighted by Crippen LogP contribution is -2.19. The fourth-order valence-electron chi connectivity index (χ4n) is 2.71. The molecule has 0 aliphatic carbocycles. The quantitative estimate of drug-likeness (QED) is 0.658. The Kier molecular flexibility index (Phi) is 5.15. The second-order valence-electron chi connectivity index (χ2n) is 5.72. The lowest BCUT2D eigenvalue weighted by atomic mass is 9.95. The van der Waals surface area contributed by atoms with Crippen LogP contribution in [0.1, 0.15) is 15.9 Å². The lowest BCUT2D eigenvalue weighted by molar-refractivity contribution is 0.102. The van der Waals surface area contributed by atoms with E-state index < -0.39 is 6.03 Å². The third-order valence-corrected chi connectivity index (χ3v) is 3.92. The second kappa shape index (κ2) is 7.85. The Morgan fingerprint density at radius 1 is 0.778 bits per heavy atom. The van der Waals surface area contributed by atoms with E-state index in [9.17, 15) is 14.9 Å². The maximum Gasteiger partial charge on any atom is 0.316 e. The molecule has 4 N–H and O–H groups in total. The number of benzene rings is 3. The zero-order valence-corrected chi connectivity index (χ0v) is 14.3. The van der Waals surface area contributed by atoms with Crippen LogP contribution in [0.25, 0.3) is 11.1 Å². The van der Waals surface area contributed by atoms with E-state index in [1.807, 2.05) is 24.3 Å². The molecule has 3 aromatic carbocycles. The predicted octanol–water partition coefficient (Wildman–Crippen LogP) is 3.97. The van der Waals surface area contributed by atoms with E-state index >= 15 is 0 Å². The van der Waals surface area contributed by atoms with Crippen LogP contribution in [-0.4, -0.2) is 11.9 Å². The largest absolute Gasteiger partial charge is 0.351 e. The van der Waals surface area contributed by atoms with Gasteiger partial charge in [-0.2, -0.15) is 5.26 Å². The van der Waals surface area contributed by atoms with Gasteiger partial charge < -0.3 is 16.4 Å². The average molecular weight is 356 g/mol. The van der Waals surface area contributed by atoms with Gasteiger partial charge in [-0.3, -0.25) is 4.79 Å². The predicted molar refractivity (Wildman–Crippen MR) is 104 cm³/mol. The first kappa shape index (κ1) is 17.7. The third-order valence-electron chi connectivity index (χ3n) is 3.92. The van der Waals surface area contributed by atoms with E-state index in [0.29, 0.717) is 33.6 Å². The van der Waals surface area contributed by atoms with Crippen LogP contribution >= 0.6 is 0 Å². The molecule has 3 aromatic rings. The number of rotatable bonds is 4. The number of urea groups is 1. The second-order valence-corrected chi connectivity index (χ2v) is 5.72. The number of hydrogen-bond acceptors (Lipinski definition) is 3. The minimum atomic E-state index is -0.656. The summed E-state index contributed by atoms with van der Waals surface area (Å²) in [4.78, 5) is 23.6. The highest BCUT2D eigenvalue weighted by Crippen LogP contribution is 2.27. The number of nitrogens with two attached hydrogens (primary N) is 1. The van der Waals surface area contributed by atoms with Crippen molar-refractivity contribution in [2.24, 2.45) is 5.73 Å². The summed E-state index contributed by atoms with van der Waals surface area (Å²) in [6.45, 7) is 0. The molecule has 3 amide bonds. The van der Waals surface area contributed by atoms with Gasteiger partial charge in [0.1, 0.15) is 0 Å². The fourth-order valence-corrected chi connectivity index (χ4v) is 2.71. The number of hydrogen-bond donors (Lipinski definition) is 3. The van der Waals surface area contributed by atoms with E-state index in [4.69, 9.17) is 5.73 Å². The van der Waals surface area contributed by atoms with Crippen molar-refractivity contribution in [2.75, 3.05) is 10.6 Å². The first-order valence-electron chi connectivity index (χ1n) is 8.15. The van der Waals surface area contributed by atoms with Gasteiger partial charge in [0, 0.05) is 22.5 Å². The summed E-state index contributed by atoms with van der Waals surface area (Å²) in [5, 5.41) is 14.6. The molecule has 0 unspecified atom stereocenters. The number of nitriles is 1. The van der Waals surface area contributed by atoms with Gasteiger partial charge in [-0.15, -0.1) is 0 Å². The molecule has 0 fully saturated rings. The average Bonchev–Trinajstić information content (AvgIpc) is 2.69. The number of nitrogens with zero attached hydrogens (tertiary/aromatic N) is 1. The Hall–Kier alpha value is -4.11. The minimum absolute atomic E-state index is 0.297. The molecule has 0 aliphatic heterocycles. The molecular formula is C21H16N4O2. The molecule has 27 heavy (non-hydrogen) atoms. The van der Waals surface area contributed by atoms with Crippen LogP contribution in [0, 0.1) is 11.3 Å². The van der Waals surface area contributed by atoms with Gasteiger partial charge in [-0.25, -0.2) is 4.79 Å². The molecule has 132 valence electrons. The summed E-state index contributed by atoms with van der Waals surface area (Å²) in [7, 11) is 0. The van der Waals surface area contributed by atoms with Crippen molar-refractivity contribution < 1.29 is 9.59 Å². The molecule has 3 rings (SSSR count). The first-order chi connectivity index (χ1) is 13.1. The summed E-state index contributed by atoms with van der Waals surface area (Å²) in [5.41, 5.74) is 8.51. The van der Waals surface area contributed by atoms with Gasteiger partial charge in [0.05, 0.1) is 11.6 Å². The number of nitrogens with one attached hydrogen (secondary N) is 2. The molecule has 6 heteroatoms. The Bertz CT molecular complexity index is 1040. The Labute approximate surface area is 156 Å². The molecule has 0 atom stereocenters. The zero-order chi connectivity index (χ0) is 19.2. The van der Waals surface area contributed by atoms with Crippen LogP contribution in [0.3, 0.4) is 0 Å². The van der Waals surface area contributed by atoms with Crippen LogP contribution in [0.4, 0.5) is 16.2 Å². The summed E-state index contributed by atoms with van der Waals surface area (Å²) >= 11 is 0. The highest BCUT2D eigenvalue weighted by molar-refractivity contribution is 6.09. The lowest BCUT2D eigenvalue weighted by Gasteiger charge is -2.12. The van der Waals surface area contributed by atoms with Crippen molar-refractivity contribution in [3.8, 4) is 17.2 Å². The number of carbonyl (C=O) groups is 2. The molecule has 0 heterocycles. The molecule has 0 radical (unpaired) electrons. The smallest absolute Gasteiger partial charge is 0.316 e. The molecule has 0 saturated heterocycles. The van der Waals surface area contributed by atoms with Crippen molar-refractivity contribution in [1.29, 1.82) is 5.26 Å². The summed E-state index contributed by atoms with van der Waals surface area (Å²) in [6.07, 6.45) is 0. The maximum atomic E-state index is 12.8. The number of anilines is 2. The first-order valence-corrected chi connectivity index (χ1v) is 8.15. The summed E-state index contributed by atoms with van der Waals surface area (Å²) in [5.74, 6) is -0.297. The van der Waals surface area contributed by atoms with Crippen molar-refractivity contribution in [3.63, 3.8) is 0 Å².